The van der Waals surface area contributed by atoms with Gasteiger partial charge in [-0.1, -0.05) is 25.1 Å². The molecule has 0 radical (unpaired) electrons. The monoisotopic (exact) mass is 536 g/mol. The summed E-state index contributed by atoms with van der Waals surface area (Å²) in [7, 11) is 1.69. The van der Waals surface area contributed by atoms with Crippen molar-refractivity contribution in [2.45, 2.75) is 71.8 Å². The molecular weight excluding hydrogens is 496 g/mol. The first kappa shape index (κ1) is 26.6. The first-order valence-corrected chi connectivity index (χ1v) is 14.7. The number of phenols is 1. The smallest absolute Gasteiger partial charge is 0.125 e. The molecule has 3 aromatic rings. The minimum atomic E-state index is 0.123. The number of nitrogens with zero attached hydrogens (tertiary/aromatic N) is 2. The van der Waals surface area contributed by atoms with Crippen LogP contribution >= 0.6 is 0 Å². The van der Waals surface area contributed by atoms with Gasteiger partial charge in [0, 0.05) is 16.7 Å². The molecule has 5 heteroatoms. The maximum atomic E-state index is 9.97. The lowest BCUT2D eigenvalue weighted by Gasteiger charge is -2.49. The molecule has 3 aliphatic carbocycles. The van der Waals surface area contributed by atoms with Crippen LogP contribution in [0.5, 0.6) is 17.2 Å². The number of hydrogen-bond donors (Lipinski definition) is 1. The summed E-state index contributed by atoms with van der Waals surface area (Å²) in [6, 6.07) is 18.2. The fourth-order valence-corrected chi connectivity index (χ4v) is 7.71. The zero-order valence-corrected chi connectivity index (χ0v) is 24.1. The highest BCUT2D eigenvalue weighted by molar-refractivity contribution is 5.93. The molecular formula is C35H40N2O3. The fraction of sp³-hybridized carbons (Fsp3) is 0.429. The van der Waals surface area contributed by atoms with Crippen LogP contribution in [0, 0.1) is 31.1 Å². The fourth-order valence-electron chi connectivity index (χ4n) is 7.71. The van der Waals surface area contributed by atoms with Crippen molar-refractivity contribution >= 4 is 11.9 Å². The Morgan fingerprint density at radius 2 is 1.88 bits per heavy atom. The molecule has 2 saturated carbocycles. The van der Waals surface area contributed by atoms with Crippen molar-refractivity contribution in [3.05, 3.63) is 88.0 Å². The van der Waals surface area contributed by atoms with E-state index in [4.69, 9.17) is 14.6 Å². The molecule has 1 N–H and O–H groups in total. The molecule has 0 aromatic heterocycles. The van der Waals surface area contributed by atoms with Crippen molar-refractivity contribution in [2.75, 3.05) is 7.11 Å². The topological polar surface area (TPSA) is 63.4 Å². The molecule has 4 unspecified atom stereocenters. The number of benzene rings is 3. The maximum Gasteiger partial charge on any atom is 0.125 e. The van der Waals surface area contributed by atoms with Gasteiger partial charge in [0.05, 0.1) is 13.3 Å². The number of aryl methyl sites for hydroxylation is 2. The number of hydrogen-bond acceptors (Lipinski definition) is 5. The second kappa shape index (κ2) is 10.8. The molecule has 2 fully saturated rings. The Morgan fingerprint density at radius 3 is 2.73 bits per heavy atom. The van der Waals surface area contributed by atoms with E-state index in [2.05, 4.69) is 44.1 Å². The van der Waals surface area contributed by atoms with Crippen LogP contribution in [-0.4, -0.2) is 24.1 Å². The summed E-state index contributed by atoms with van der Waals surface area (Å²) in [4.78, 5) is 0. The predicted octanol–water partition coefficient (Wildman–Crippen LogP) is 7.93. The molecule has 40 heavy (non-hydrogen) atoms. The van der Waals surface area contributed by atoms with Gasteiger partial charge >= 0.3 is 0 Å². The van der Waals surface area contributed by atoms with Gasteiger partial charge in [-0.3, -0.25) is 0 Å². The summed E-state index contributed by atoms with van der Waals surface area (Å²) in [5.41, 5.74) is 8.54. The van der Waals surface area contributed by atoms with Gasteiger partial charge in [-0.15, -0.1) is 0 Å². The van der Waals surface area contributed by atoms with Crippen LogP contribution in [0.1, 0.15) is 78.3 Å². The summed E-state index contributed by atoms with van der Waals surface area (Å²) in [5.74, 6) is 4.04. The number of ether oxygens (including phenoxy) is 2. The van der Waals surface area contributed by atoms with Crippen LogP contribution in [0.15, 0.2) is 64.8 Å². The average molecular weight is 537 g/mol. The highest BCUT2D eigenvalue weighted by Gasteiger charge is 2.53. The Kier molecular flexibility index (Phi) is 7.16. The van der Waals surface area contributed by atoms with E-state index in [-0.39, 0.29) is 5.41 Å². The molecule has 6 rings (SSSR count). The standard InChI is InChI=1S/C35H40N2O3/c1-22-6-5-7-32(23(22)2)40-21-26-18-24(8-14-33(26)39-4)20-36-37-34-15-13-31-30-11-9-25-19-27(38)10-12-28(25)29(30)16-17-35(31,34)3/h5-8,10,12,14,18-20,29-31,38H,9,11,13,15-17,21H2,1-4H3/b36-20+,37-34+. The van der Waals surface area contributed by atoms with Crippen molar-refractivity contribution < 1.29 is 14.6 Å². The summed E-state index contributed by atoms with van der Waals surface area (Å²) in [5, 5.41) is 19.4. The molecule has 0 bridgehead atoms. The normalized spacial score (nSPS) is 26.4. The highest BCUT2D eigenvalue weighted by Crippen LogP contribution is 2.60. The quantitative estimate of drug-likeness (QED) is 0.257. The summed E-state index contributed by atoms with van der Waals surface area (Å²) >= 11 is 0. The lowest BCUT2D eigenvalue weighted by molar-refractivity contribution is 0.0955. The third-order valence-corrected chi connectivity index (χ3v) is 10.1. The molecule has 3 aliphatic rings. The zero-order valence-electron chi connectivity index (χ0n) is 24.1. The van der Waals surface area contributed by atoms with Crippen LogP contribution < -0.4 is 9.47 Å². The molecule has 208 valence electrons. The van der Waals surface area contributed by atoms with Gasteiger partial charge in [-0.05, 0) is 134 Å². The van der Waals surface area contributed by atoms with Gasteiger partial charge in [0.25, 0.3) is 0 Å². The van der Waals surface area contributed by atoms with E-state index in [1.807, 2.05) is 42.6 Å². The van der Waals surface area contributed by atoms with Gasteiger partial charge < -0.3 is 14.6 Å². The minimum Gasteiger partial charge on any atom is -0.508 e. The van der Waals surface area contributed by atoms with Gasteiger partial charge in [-0.2, -0.15) is 10.2 Å². The Labute approximate surface area is 238 Å². The molecule has 3 aromatic carbocycles. The van der Waals surface area contributed by atoms with Crippen LogP contribution in [0.25, 0.3) is 0 Å². The Bertz CT molecular complexity index is 1480. The SMILES string of the molecule is COc1ccc(/C=N/N=C2\CCC3C4CCc5cc(O)ccc5C4CCC23C)cc1COc1cccc(C)c1C. The summed E-state index contributed by atoms with van der Waals surface area (Å²) in [6.07, 6.45) is 8.69. The number of rotatable bonds is 6. The van der Waals surface area contributed by atoms with Crippen LogP contribution in [0.3, 0.4) is 0 Å². The largest absolute Gasteiger partial charge is 0.508 e. The Hall–Kier alpha value is -3.60. The predicted molar refractivity (Wildman–Crippen MR) is 161 cm³/mol. The lowest BCUT2D eigenvalue weighted by Crippen LogP contribution is -2.42. The van der Waals surface area contributed by atoms with Crippen LogP contribution in [0.2, 0.25) is 0 Å². The van der Waals surface area contributed by atoms with E-state index >= 15 is 0 Å². The van der Waals surface area contributed by atoms with Gasteiger partial charge in [0.1, 0.15) is 23.9 Å². The number of methoxy groups -OCH3 is 1. The number of aromatic hydroxyl groups is 1. The van der Waals surface area contributed by atoms with Gasteiger partial charge in [0.2, 0.25) is 0 Å². The second-order valence-electron chi connectivity index (χ2n) is 12.1. The molecule has 0 heterocycles. The van der Waals surface area contributed by atoms with Gasteiger partial charge in [-0.25, -0.2) is 0 Å². The van der Waals surface area contributed by atoms with Crippen LogP contribution in [0.4, 0.5) is 0 Å². The molecule has 4 atom stereocenters. The van der Waals surface area contributed by atoms with Crippen molar-refractivity contribution in [2.24, 2.45) is 27.5 Å². The average Bonchev–Trinajstić information content (AvgIpc) is 3.29. The molecule has 5 nitrogen and oxygen atoms in total. The van der Waals surface area contributed by atoms with E-state index in [1.54, 1.807) is 7.11 Å². The minimum absolute atomic E-state index is 0.123. The Morgan fingerprint density at radius 1 is 1.00 bits per heavy atom. The first-order chi connectivity index (χ1) is 19.4. The van der Waals surface area contributed by atoms with E-state index in [0.29, 0.717) is 30.1 Å². The molecule has 0 saturated heterocycles. The van der Waals surface area contributed by atoms with Crippen molar-refractivity contribution in [1.29, 1.82) is 0 Å². The third-order valence-electron chi connectivity index (χ3n) is 10.1. The number of phenolic OH excluding ortho intramolecular Hbond substituents is 1. The maximum absolute atomic E-state index is 9.97. The van der Waals surface area contributed by atoms with Crippen molar-refractivity contribution in [3.8, 4) is 17.2 Å². The molecule has 0 aliphatic heterocycles. The number of fused-ring (bicyclic) bond motifs is 5. The van der Waals surface area contributed by atoms with E-state index in [1.165, 1.54) is 41.7 Å². The summed E-state index contributed by atoms with van der Waals surface area (Å²) in [6.45, 7) is 7.04. The molecule has 0 spiro atoms. The third kappa shape index (κ3) is 4.80. The Balaban J connectivity index is 1.17. The highest BCUT2D eigenvalue weighted by atomic mass is 16.5. The van der Waals surface area contributed by atoms with Gasteiger partial charge in [0.15, 0.2) is 0 Å². The lowest BCUT2D eigenvalue weighted by atomic mass is 9.55. The van der Waals surface area contributed by atoms with E-state index in [9.17, 15) is 5.11 Å². The van der Waals surface area contributed by atoms with Crippen molar-refractivity contribution in [3.63, 3.8) is 0 Å². The summed E-state index contributed by atoms with van der Waals surface area (Å²) < 4.78 is 11.8. The first-order valence-electron chi connectivity index (χ1n) is 14.7. The van der Waals surface area contributed by atoms with Crippen LogP contribution in [-0.2, 0) is 13.0 Å². The van der Waals surface area contributed by atoms with Crippen molar-refractivity contribution in [1.82, 2.24) is 0 Å². The van der Waals surface area contributed by atoms with E-state index < -0.39 is 0 Å². The molecule has 0 amide bonds. The zero-order chi connectivity index (χ0) is 27.9. The van der Waals surface area contributed by atoms with E-state index in [0.717, 1.165) is 47.5 Å². The second-order valence-corrected chi connectivity index (χ2v) is 12.1.